The molecule has 1 fully saturated rings. The normalized spacial score (nSPS) is 14.0. The lowest BCUT2D eigenvalue weighted by Crippen LogP contribution is -2.37. The Morgan fingerprint density at radius 1 is 0.897 bits per heavy atom. The van der Waals surface area contributed by atoms with Crippen LogP contribution in [0.1, 0.15) is 16.7 Å². The van der Waals surface area contributed by atoms with Crippen LogP contribution in [0.3, 0.4) is 0 Å². The van der Waals surface area contributed by atoms with E-state index < -0.39 is 0 Å². The van der Waals surface area contributed by atoms with Gasteiger partial charge in [0.2, 0.25) is 0 Å². The second-order valence-electron chi connectivity index (χ2n) is 7.09. The average molecular weight is 389 g/mol. The molecule has 1 aliphatic rings. The van der Waals surface area contributed by atoms with Crippen molar-refractivity contribution in [3.05, 3.63) is 89.7 Å². The molecule has 1 aliphatic heterocycles. The van der Waals surface area contributed by atoms with Crippen molar-refractivity contribution in [1.82, 2.24) is 10.3 Å². The fourth-order valence-corrected chi connectivity index (χ4v) is 3.54. The van der Waals surface area contributed by atoms with Crippen LogP contribution in [-0.2, 0) is 24.4 Å². The molecule has 0 unspecified atom stereocenters. The van der Waals surface area contributed by atoms with Crippen molar-refractivity contribution in [3.8, 4) is 5.75 Å². The minimum atomic E-state index is 0.519. The van der Waals surface area contributed by atoms with E-state index in [-0.39, 0.29) is 0 Å². The number of hydrogen-bond donors (Lipinski definition) is 1. The Labute approximate surface area is 172 Å². The van der Waals surface area contributed by atoms with Crippen molar-refractivity contribution in [2.75, 3.05) is 31.2 Å². The zero-order chi connectivity index (χ0) is 19.7. The number of hydrogen-bond acceptors (Lipinski definition) is 5. The molecule has 1 N–H and O–H groups in total. The number of morpholine rings is 1. The number of anilines is 1. The Kier molecular flexibility index (Phi) is 6.73. The van der Waals surface area contributed by atoms with Crippen LogP contribution < -0.4 is 15.0 Å². The molecule has 0 amide bonds. The molecular formula is C24H27N3O2. The molecule has 29 heavy (non-hydrogen) atoms. The summed E-state index contributed by atoms with van der Waals surface area (Å²) >= 11 is 0. The Hall–Kier alpha value is -2.89. The van der Waals surface area contributed by atoms with Gasteiger partial charge in [-0.2, -0.15) is 0 Å². The molecule has 0 bridgehead atoms. The number of rotatable bonds is 8. The summed E-state index contributed by atoms with van der Waals surface area (Å²) in [5.74, 6) is 0.908. The van der Waals surface area contributed by atoms with Crippen LogP contribution in [-0.4, -0.2) is 31.3 Å². The first kappa shape index (κ1) is 19.4. The average Bonchev–Trinajstić information content (AvgIpc) is 2.80. The Balaban J connectivity index is 1.37. The SMILES string of the molecule is c1cncc(COc2ccccc2CNCc2ccccc2N2CCOCC2)c1. The van der Waals surface area contributed by atoms with Crippen LogP contribution in [0.2, 0.25) is 0 Å². The van der Waals surface area contributed by atoms with E-state index in [1.165, 1.54) is 11.3 Å². The van der Waals surface area contributed by atoms with Crippen molar-refractivity contribution in [1.29, 1.82) is 0 Å². The van der Waals surface area contributed by atoms with E-state index in [4.69, 9.17) is 9.47 Å². The highest BCUT2D eigenvalue weighted by molar-refractivity contribution is 5.54. The van der Waals surface area contributed by atoms with Crippen molar-refractivity contribution >= 4 is 5.69 Å². The highest BCUT2D eigenvalue weighted by atomic mass is 16.5. The molecule has 2 heterocycles. The molecule has 0 atom stereocenters. The van der Waals surface area contributed by atoms with Crippen LogP contribution in [0.4, 0.5) is 5.69 Å². The lowest BCUT2D eigenvalue weighted by molar-refractivity contribution is 0.122. The molecule has 0 spiro atoms. The van der Waals surface area contributed by atoms with E-state index in [0.29, 0.717) is 6.61 Å². The Morgan fingerprint density at radius 2 is 1.66 bits per heavy atom. The predicted molar refractivity (Wildman–Crippen MR) is 115 cm³/mol. The van der Waals surface area contributed by atoms with Crippen molar-refractivity contribution < 1.29 is 9.47 Å². The molecule has 0 aliphatic carbocycles. The fraction of sp³-hybridized carbons (Fsp3) is 0.292. The highest BCUT2D eigenvalue weighted by Crippen LogP contribution is 2.23. The van der Waals surface area contributed by atoms with E-state index >= 15 is 0 Å². The maximum atomic E-state index is 6.04. The van der Waals surface area contributed by atoms with Gasteiger partial charge in [0.1, 0.15) is 12.4 Å². The molecule has 0 saturated carbocycles. The molecule has 5 nitrogen and oxygen atoms in total. The predicted octanol–water partition coefficient (Wildman–Crippen LogP) is 3.79. The molecule has 1 saturated heterocycles. The second kappa shape index (κ2) is 10.0. The third kappa shape index (κ3) is 5.34. The maximum Gasteiger partial charge on any atom is 0.124 e. The number of aromatic nitrogens is 1. The lowest BCUT2D eigenvalue weighted by atomic mass is 10.1. The van der Waals surface area contributed by atoms with Gasteiger partial charge < -0.3 is 19.7 Å². The van der Waals surface area contributed by atoms with E-state index in [9.17, 15) is 0 Å². The second-order valence-corrected chi connectivity index (χ2v) is 7.09. The number of benzene rings is 2. The van der Waals surface area contributed by atoms with E-state index in [2.05, 4.69) is 51.6 Å². The number of para-hydroxylation sites is 2. The highest BCUT2D eigenvalue weighted by Gasteiger charge is 2.14. The van der Waals surface area contributed by atoms with Gasteiger partial charge in [-0.1, -0.05) is 42.5 Å². The molecule has 2 aromatic carbocycles. The minimum absolute atomic E-state index is 0.519. The topological polar surface area (TPSA) is 46.6 Å². The summed E-state index contributed by atoms with van der Waals surface area (Å²) < 4.78 is 11.5. The smallest absolute Gasteiger partial charge is 0.124 e. The van der Waals surface area contributed by atoms with Gasteiger partial charge in [-0.15, -0.1) is 0 Å². The molecule has 5 heteroatoms. The largest absolute Gasteiger partial charge is 0.489 e. The zero-order valence-electron chi connectivity index (χ0n) is 16.6. The van der Waals surface area contributed by atoms with Gasteiger partial charge in [0, 0.05) is 55.4 Å². The Morgan fingerprint density at radius 3 is 2.48 bits per heavy atom. The summed E-state index contributed by atoms with van der Waals surface area (Å²) in [5, 5.41) is 3.59. The first-order valence-corrected chi connectivity index (χ1v) is 10.1. The molecule has 150 valence electrons. The monoisotopic (exact) mass is 389 g/mol. The quantitative estimate of drug-likeness (QED) is 0.635. The van der Waals surface area contributed by atoms with E-state index in [1.54, 1.807) is 6.20 Å². The van der Waals surface area contributed by atoms with Crippen molar-refractivity contribution in [3.63, 3.8) is 0 Å². The van der Waals surface area contributed by atoms with Gasteiger partial charge in [0.05, 0.1) is 13.2 Å². The minimum Gasteiger partial charge on any atom is -0.489 e. The molecular weight excluding hydrogens is 362 g/mol. The van der Waals surface area contributed by atoms with Gasteiger partial charge in [0.25, 0.3) is 0 Å². The van der Waals surface area contributed by atoms with Gasteiger partial charge in [-0.3, -0.25) is 4.98 Å². The summed E-state index contributed by atoms with van der Waals surface area (Å²) in [4.78, 5) is 6.55. The third-order valence-electron chi connectivity index (χ3n) is 5.06. The number of nitrogens with one attached hydrogen (secondary N) is 1. The van der Waals surface area contributed by atoms with Crippen LogP contribution in [0, 0.1) is 0 Å². The molecule has 1 aromatic heterocycles. The van der Waals surface area contributed by atoms with Crippen molar-refractivity contribution in [2.24, 2.45) is 0 Å². The number of pyridine rings is 1. The summed E-state index contributed by atoms with van der Waals surface area (Å²) in [6.07, 6.45) is 3.61. The van der Waals surface area contributed by atoms with Crippen LogP contribution >= 0.6 is 0 Å². The maximum absolute atomic E-state index is 6.04. The molecule has 0 radical (unpaired) electrons. The number of ether oxygens (including phenoxy) is 2. The lowest BCUT2D eigenvalue weighted by Gasteiger charge is -2.30. The van der Waals surface area contributed by atoms with Gasteiger partial charge in [0.15, 0.2) is 0 Å². The summed E-state index contributed by atoms with van der Waals surface area (Å²) in [6, 6.07) is 20.8. The van der Waals surface area contributed by atoms with Crippen LogP contribution in [0.5, 0.6) is 5.75 Å². The van der Waals surface area contributed by atoms with Gasteiger partial charge >= 0.3 is 0 Å². The summed E-state index contributed by atoms with van der Waals surface area (Å²) in [7, 11) is 0. The van der Waals surface area contributed by atoms with Crippen LogP contribution in [0.25, 0.3) is 0 Å². The number of nitrogens with zero attached hydrogens (tertiary/aromatic N) is 2. The zero-order valence-corrected chi connectivity index (χ0v) is 16.6. The Bertz CT molecular complexity index is 895. The van der Waals surface area contributed by atoms with Crippen molar-refractivity contribution in [2.45, 2.75) is 19.7 Å². The molecule has 4 rings (SSSR count). The van der Waals surface area contributed by atoms with Gasteiger partial charge in [-0.25, -0.2) is 0 Å². The summed E-state index contributed by atoms with van der Waals surface area (Å²) in [6.45, 7) is 5.56. The van der Waals surface area contributed by atoms with Gasteiger partial charge in [-0.05, 0) is 23.8 Å². The molecule has 3 aromatic rings. The summed E-state index contributed by atoms with van der Waals surface area (Å²) in [5.41, 5.74) is 4.82. The first-order valence-electron chi connectivity index (χ1n) is 10.1. The van der Waals surface area contributed by atoms with Crippen LogP contribution in [0.15, 0.2) is 73.1 Å². The van der Waals surface area contributed by atoms with E-state index in [1.807, 2.05) is 30.5 Å². The van der Waals surface area contributed by atoms with E-state index in [0.717, 1.165) is 56.3 Å². The third-order valence-corrected chi connectivity index (χ3v) is 5.06. The standard InChI is InChI=1S/C24H27N3O2/c1-3-9-23(27-12-14-28-15-13-27)21(7-1)17-26-18-22-8-2-4-10-24(22)29-19-20-6-5-11-25-16-20/h1-11,16,26H,12-15,17-19H2. The first-order chi connectivity index (χ1) is 14.4. The fourth-order valence-electron chi connectivity index (χ4n) is 3.54.